The van der Waals surface area contributed by atoms with Crippen LogP contribution >= 0.6 is 11.6 Å². The zero-order valence-electron chi connectivity index (χ0n) is 11.2. The Labute approximate surface area is 113 Å². The van der Waals surface area contributed by atoms with Gasteiger partial charge in [0.1, 0.15) is 5.15 Å². The molecule has 1 heterocycles. The van der Waals surface area contributed by atoms with E-state index >= 15 is 0 Å². The molecule has 0 saturated heterocycles. The molecule has 0 aliphatic heterocycles. The fourth-order valence-electron chi connectivity index (χ4n) is 1.39. The third-order valence-corrected chi connectivity index (χ3v) is 2.63. The van der Waals surface area contributed by atoms with Gasteiger partial charge < -0.3 is 5.32 Å². The van der Waals surface area contributed by atoms with Gasteiger partial charge in [-0.25, -0.2) is 4.98 Å². The fraction of sp³-hybridized carbons (Fsp3) is 0.429. The van der Waals surface area contributed by atoms with Crippen molar-refractivity contribution in [1.82, 2.24) is 10.3 Å². The summed E-state index contributed by atoms with van der Waals surface area (Å²) < 4.78 is 0. The van der Waals surface area contributed by atoms with Crippen LogP contribution in [0.15, 0.2) is 23.8 Å². The second-order valence-electron chi connectivity index (χ2n) is 4.75. The average molecular weight is 267 g/mol. The van der Waals surface area contributed by atoms with Gasteiger partial charge in [0.2, 0.25) is 0 Å². The van der Waals surface area contributed by atoms with Gasteiger partial charge in [0.25, 0.3) is 5.91 Å². The lowest BCUT2D eigenvalue weighted by Crippen LogP contribution is -2.23. The molecule has 18 heavy (non-hydrogen) atoms. The summed E-state index contributed by atoms with van der Waals surface area (Å²) in [7, 11) is 0. The summed E-state index contributed by atoms with van der Waals surface area (Å²) in [6, 6.07) is 3.37. The molecule has 1 amide bonds. The number of hydrogen-bond acceptors (Lipinski definition) is 2. The summed E-state index contributed by atoms with van der Waals surface area (Å²) in [5, 5.41) is 3.18. The van der Waals surface area contributed by atoms with Gasteiger partial charge in [0.05, 0.1) is 0 Å². The zero-order chi connectivity index (χ0) is 13.7. The van der Waals surface area contributed by atoms with E-state index in [0.29, 0.717) is 17.3 Å². The molecule has 0 atom stereocenters. The first-order chi connectivity index (χ1) is 8.40. The second-order valence-corrected chi connectivity index (χ2v) is 5.14. The maximum Gasteiger partial charge on any atom is 0.251 e. The first kappa shape index (κ1) is 14.7. The van der Waals surface area contributed by atoms with Gasteiger partial charge in [-0.3, -0.25) is 4.79 Å². The number of pyridine rings is 1. The predicted molar refractivity (Wildman–Crippen MR) is 75.1 cm³/mol. The number of nitrogens with zero attached hydrogens (tertiary/aromatic N) is 1. The fourth-order valence-corrected chi connectivity index (χ4v) is 1.61. The quantitative estimate of drug-likeness (QED) is 0.669. The molecule has 0 saturated carbocycles. The zero-order valence-corrected chi connectivity index (χ0v) is 12.0. The van der Waals surface area contributed by atoms with Gasteiger partial charge in [-0.05, 0) is 31.9 Å². The first-order valence-electron chi connectivity index (χ1n) is 5.99. The van der Waals surface area contributed by atoms with Crippen LogP contribution < -0.4 is 5.32 Å². The average Bonchev–Trinajstić information content (AvgIpc) is 2.27. The van der Waals surface area contributed by atoms with Crippen LogP contribution in [0.1, 0.15) is 49.7 Å². The second kappa shape index (κ2) is 6.55. The van der Waals surface area contributed by atoms with Crippen LogP contribution in [-0.4, -0.2) is 17.4 Å². The number of carbonyl (C=O) groups is 1. The van der Waals surface area contributed by atoms with E-state index in [0.717, 1.165) is 5.69 Å². The molecule has 0 bridgehead atoms. The van der Waals surface area contributed by atoms with Crippen molar-refractivity contribution in [1.29, 1.82) is 0 Å². The maximum atomic E-state index is 11.9. The van der Waals surface area contributed by atoms with Crippen LogP contribution in [0.3, 0.4) is 0 Å². The Bertz CT molecular complexity index is 463. The molecule has 0 radical (unpaired) electrons. The van der Waals surface area contributed by atoms with E-state index in [1.54, 1.807) is 12.1 Å². The molecule has 1 rings (SSSR count). The minimum absolute atomic E-state index is 0.126. The summed E-state index contributed by atoms with van der Waals surface area (Å²) in [6.07, 6.45) is 1.96. The molecule has 0 aromatic carbocycles. The monoisotopic (exact) mass is 266 g/mol. The molecule has 1 aromatic rings. The van der Waals surface area contributed by atoms with Crippen LogP contribution in [0.2, 0.25) is 5.15 Å². The van der Waals surface area contributed by atoms with Gasteiger partial charge >= 0.3 is 0 Å². The van der Waals surface area contributed by atoms with E-state index in [4.69, 9.17) is 11.6 Å². The summed E-state index contributed by atoms with van der Waals surface area (Å²) in [6.45, 7) is 8.55. The summed E-state index contributed by atoms with van der Waals surface area (Å²) in [5.41, 5.74) is 2.56. The Hall–Kier alpha value is -1.35. The van der Waals surface area contributed by atoms with Crippen LogP contribution in [-0.2, 0) is 0 Å². The number of aromatic nitrogens is 1. The number of carbonyl (C=O) groups excluding carboxylic acids is 1. The highest BCUT2D eigenvalue weighted by Crippen LogP contribution is 2.17. The van der Waals surface area contributed by atoms with E-state index in [-0.39, 0.29) is 11.8 Å². The number of amides is 1. The van der Waals surface area contributed by atoms with Crippen molar-refractivity contribution in [2.75, 3.05) is 6.54 Å². The first-order valence-corrected chi connectivity index (χ1v) is 6.37. The third kappa shape index (κ3) is 4.49. The van der Waals surface area contributed by atoms with Crippen molar-refractivity contribution >= 4 is 17.5 Å². The molecular formula is C14H19ClN2O. The molecule has 0 aliphatic carbocycles. The highest BCUT2D eigenvalue weighted by molar-refractivity contribution is 6.29. The molecule has 0 fully saturated rings. The largest absolute Gasteiger partial charge is 0.349 e. The van der Waals surface area contributed by atoms with Gasteiger partial charge in [-0.15, -0.1) is 0 Å². The lowest BCUT2D eigenvalue weighted by atomic mass is 10.1. The van der Waals surface area contributed by atoms with Crippen LogP contribution in [0.4, 0.5) is 0 Å². The van der Waals surface area contributed by atoms with Gasteiger partial charge in [-0.2, -0.15) is 0 Å². The summed E-state index contributed by atoms with van der Waals surface area (Å²) in [5.74, 6) is 0.117. The van der Waals surface area contributed by atoms with Crippen LogP contribution in [0.25, 0.3) is 0 Å². The lowest BCUT2D eigenvalue weighted by molar-refractivity contribution is 0.0957. The number of allylic oxidation sites excluding steroid dienone is 1. The van der Waals surface area contributed by atoms with Crippen molar-refractivity contribution in [3.05, 3.63) is 40.2 Å². The Morgan fingerprint density at radius 3 is 2.67 bits per heavy atom. The van der Waals surface area contributed by atoms with Gasteiger partial charge in [0, 0.05) is 17.8 Å². The van der Waals surface area contributed by atoms with Crippen LogP contribution in [0.5, 0.6) is 0 Å². The topological polar surface area (TPSA) is 42.0 Å². The normalized spacial score (nSPS) is 10.3. The Kier molecular flexibility index (Phi) is 5.35. The predicted octanol–water partition coefficient (Wildman–Crippen LogP) is 3.55. The summed E-state index contributed by atoms with van der Waals surface area (Å²) in [4.78, 5) is 16.1. The standard InChI is InChI=1S/C14H19ClN2O/c1-9(2)5-6-16-14(18)11-7-12(10(3)4)17-13(15)8-11/h5,7-8,10H,6H2,1-4H3,(H,16,18). The van der Waals surface area contributed by atoms with E-state index in [9.17, 15) is 4.79 Å². The molecular weight excluding hydrogens is 248 g/mol. The van der Waals surface area contributed by atoms with E-state index in [1.165, 1.54) is 5.57 Å². The lowest BCUT2D eigenvalue weighted by Gasteiger charge is -2.08. The van der Waals surface area contributed by atoms with E-state index in [2.05, 4.69) is 10.3 Å². The Morgan fingerprint density at radius 2 is 2.11 bits per heavy atom. The Morgan fingerprint density at radius 1 is 1.44 bits per heavy atom. The number of nitrogens with one attached hydrogen (secondary N) is 1. The molecule has 0 spiro atoms. The van der Waals surface area contributed by atoms with Crippen molar-refractivity contribution in [3.8, 4) is 0 Å². The summed E-state index contributed by atoms with van der Waals surface area (Å²) >= 11 is 5.92. The Balaban J connectivity index is 2.82. The van der Waals surface area contributed by atoms with Crippen LogP contribution in [0, 0.1) is 0 Å². The molecule has 4 heteroatoms. The van der Waals surface area contributed by atoms with E-state index in [1.807, 2.05) is 33.8 Å². The number of hydrogen-bond donors (Lipinski definition) is 1. The number of rotatable bonds is 4. The molecule has 0 aliphatic rings. The van der Waals surface area contributed by atoms with Crippen molar-refractivity contribution < 1.29 is 4.79 Å². The third-order valence-electron chi connectivity index (χ3n) is 2.44. The van der Waals surface area contributed by atoms with Gasteiger partial charge in [0.15, 0.2) is 0 Å². The minimum atomic E-state index is -0.126. The molecule has 98 valence electrons. The molecule has 1 N–H and O–H groups in total. The minimum Gasteiger partial charge on any atom is -0.349 e. The van der Waals surface area contributed by atoms with Crippen molar-refractivity contribution in [2.45, 2.75) is 33.6 Å². The number of halogens is 1. The van der Waals surface area contributed by atoms with Gasteiger partial charge in [-0.1, -0.05) is 37.1 Å². The van der Waals surface area contributed by atoms with Crippen molar-refractivity contribution in [2.24, 2.45) is 0 Å². The molecule has 1 aromatic heterocycles. The highest BCUT2D eigenvalue weighted by Gasteiger charge is 2.10. The van der Waals surface area contributed by atoms with Crippen molar-refractivity contribution in [3.63, 3.8) is 0 Å². The molecule has 3 nitrogen and oxygen atoms in total. The SMILES string of the molecule is CC(C)=CCNC(=O)c1cc(Cl)nc(C(C)C)c1. The van der Waals surface area contributed by atoms with E-state index < -0.39 is 0 Å². The maximum absolute atomic E-state index is 11.9. The molecule has 0 unspecified atom stereocenters. The smallest absolute Gasteiger partial charge is 0.251 e. The highest BCUT2D eigenvalue weighted by atomic mass is 35.5.